The van der Waals surface area contributed by atoms with Crippen LogP contribution in [0.1, 0.15) is 78.1 Å². The van der Waals surface area contributed by atoms with Crippen LogP contribution >= 0.6 is 0 Å². The maximum absolute atomic E-state index is 11.4. The van der Waals surface area contributed by atoms with Gasteiger partial charge in [-0.15, -0.1) is 0 Å². The van der Waals surface area contributed by atoms with E-state index < -0.39 is 0 Å². The molecule has 2 nitrogen and oxygen atoms in total. The minimum absolute atomic E-state index is 0.0449. The highest BCUT2D eigenvalue weighted by Crippen LogP contribution is 2.03. The first kappa shape index (κ1) is 20.7. The molecule has 0 saturated carbocycles. The quantitative estimate of drug-likeness (QED) is 0.219. The number of ether oxygens (including phenoxy) is 1. The topological polar surface area (TPSA) is 26.3 Å². The van der Waals surface area contributed by atoms with E-state index >= 15 is 0 Å². The molecule has 0 amide bonds. The van der Waals surface area contributed by atoms with E-state index in [0.717, 1.165) is 44.9 Å². The molecule has 0 aliphatic rings. The molecule has 126 valence electrons. The third-order valence-corrected chi connectivity index (χ3v) is 3.26. The van der Waals surface area contributed by atoms with Crippen LogP contribution in [-0.4, -0.2) is 12.6 Å². The highest BCUT2D eigenvalue weighted by Gasteiger charge is 2.00. The molecule has 0 aliphatic carbocycles. The molecule has 0 saturated heterocycles. The number of rotatable bonds is 14. The zero-order valence-corrected chi connectivity index (χ0v) is 14.6. The number of unbranched alkanes of at least 4 members (excludes halogenated alkanes) is 4. The van der Waals surface area contributed by atoms with E-state index in [1.54, 1.807) is 0 Å². The Labute approximate surface area is 137 Å². The molecule has 0 fully saturated rings. The maximum Gasteiger partial charge on any atom is 0.305 e. The lowest BCUT2D eigenvalue weighted by atomic mass is 10.2. The first-order chi connectivity index (χ1) is 10.8. The van der Waals surface area contributed by atoms with Gasteiger partial charge in [0.1, 0.15) is 0 Å². The van der Waals surface area contributed by atoms with Crippen molar-refractivity contribution >= 4 is 5.97 Å². The van der Waals surface area contributed by atoms with Crippen molar-refractivity contribution in [3.8, 4) is 0 Å². The Morgan fingerprint density at radius 2 is 1.41 bits per heavy atom. The Morgan fingerprint density at radius 3 is 2.05 bits per heavy atom. The van der Waals surface area contributed by atoms with Gasteiger partial charge in [-0.05, 0) is 44.9 Å². The Balaban J connectivity index is 3.36. The zero-order valence-electron chi connectivity index (χ0n) is 14.6. The highest BCUT2D eigenvalue weighted by atomic mass is 16.5. The van der Waals surface area contributed by atoms with Crippen LogP contribution in [0.3, 0.4) is 0 Å². The van der Waals surface area contributed by atoms with Crippen LogP contribution in [0.4, 0.5) is 0 Å². The Kier molecular flexibility index (Phi) is 16.7. The van der Waals surface area contributed by atoms with Crippen molar-refractivity contribution in [1.82, 2.24) is 0 Å². The summed E-state index contributed by atoms with van der Waals surface area (Å²) in [4.78, 5) is 11.4. The van der Waals surface area contributed by atoms with Crippen molar-refractivity contribution in [2.45, 2.75) is 78.1 Å². The van der Waals surface area contributed by atoms with E-state index in [4.69, 9.17) is 4.74 Å². The van der Waals surface area contributed by atoms with Crippen molar-refractivity contribution in [3.63, 3.8) is 0 Å². The van der Waals surface area contributed by atoms with E-state index in [0.29, 0.717) is 13.0 Å². The molecule has 0 heterocycles. The molecule has 0 spiro atoms. The maximum atomic E-state index is 11.4. The second-order valence-electron chi connectivity index (χ2n) is 5.49. The fourth-order valence-corrected chi connectivity index (χ4v) is 1.88. The number of hydrogen-bond acceptors (Lipinski definition) is 2. The number of carbonyl (C=O) groups excluding carboxylic acids is 1. The van der Waals surface area contributed by atoms with Gasteiger partial charge in [0.25, 0.3) is 0 Å². The van der Waals surface area contributed by atoms with Gasteiger partial charge in [0.15, 0.2) is 0 Å². The fourth-order valence-electron chi connectivity index (χ4n) is 1.88. The second kappa shape index (κ2) is 17.7. The lowest BCUT2D eigenvalue weighted by Crippen LogP contribution is -2.05. The Morgan fingerprint density at radius 1 is 0.773 bits per heavy atom. The molecule has 0 atom stereocenters. The molecular weight excluding hydrogens is 272 g/mol. The molecule has 22 heavy (non-hydrogen) atoms. The van der Waals surface area contributed by atoms with Crippen LogP contribution in [0.2, 0.25) is 0 Å². The average Bonchev–Trinajstić information content (AvgIpc) is 2.52. The molecule has 0 rings (SSSR count). The zero-order chi connectivity index (χ0) is 16.3. The largest absolute Gasteiger partial charge is 0.466 e. The van der Waals surface area contributed by atoms with E-state index in [-0.39, 0.29) is 5.97 Å². The number of carbonyl (C=O) groups is 1. The lowest BCUT2D eigenvalue weighted by Gasteiger charge is -2.02. The number of esters is 1. The van der Waals surface area contributed by atoms with Crippen molar-refractivity contribution in [2.24, 2.45) is 0 Å². The SMILES string of the molecule is CCC/C=C\C/C=C\C/C=C\CCCCC(=O)OCCCC. The third-order valence-electron chi connectivity index (χ3n) is 3.26. The Bertz CT molecular complexity index is 327. The molecule has 0 aliphatic heterocycles. The summed E-state index contributed by atoms with van der Waals surface area (Å²) in [5, 5.41) is 0. The number of hydrogen-bond donors (Lipinski definition) is 0. The summed E-state index contributed by atoms with van der Waals surface area (Å²) in [5.74, 6) is -0.0449. The standard InChI is InChI=1S/C20H34O2/c1-3-5-7-8-9-10-11-12-13-14-15-16-17-18-20(21)22-19-6-4-2/h7-8,10-11,13-14H,3-6,9,12,15-19H2,1-2H3/b8-7-,11-10-,14-13-. The van der Waals surface area contributed by atoms with Gasteiger partial charge < -0.3 is 4.74 Å². The van der Waals surface area contributed by atoms with Gasteiger partial charge in [-0.25, -0.2) is 0 Å². The molecule has 0 aromatic rings. The molecule has 0 radical (unpaired) electrons. The van der Waals surface area contributed by atoms with Crippen LogP contribution in [0.5, 0.6) is 0 Å². The second-order valence-corrected chi connectivity index (χ2v) is 5.49. The van der Waals surface area contributed by atoms with Crippen molar-refractivity contribution in [3.05, 3.63) is 36.5 Å². The van der Waals surface area contributed by atoms with Gasteiger partial charge in [0, 0.05) is 6.42 Å². The summed E-state index contributed by atoms with van der Waals surface area (Å²) in [6, 6.07) is 0. The van der Waals surface area contributed by atoms with Gasteiger partial charge in [0.2, 0.25) is 0 Å². The minimum atomic E-state index is -0.0449. The summed E-state index contributed by atoms with van der Waals surface area (Å²) in [7, 11) is 0. The summed E-state index contributed by atoms with van der Waals surface area (Å²) in [5.41, 5.74) is 0. The van der Waals surface area contributed by atoms with E-state index in [1.807, 2.05) is 0 Å². The van der Waals surface area contributed by atoms with Crippen LogP contribution < -0.4 is 0 Å². The van der Waals surface area contributed by atoms with Gasteiger partial charge in [0.05, 0.1) is 6.61 Å². The molecule has 0 bridgehead atoms. The predicted octanol–water partition coefficient (Wildman–Crippen LogP) is 6.14. The highest BCUT2D eigenvalue weighted by molar-refractivity contribution is 5.69. The van der Waals surface area contributed by atoms with Gasteiger partial charge in [-0.1, -0.05) is 63.1 Å². The normalized spacial score (nSPS) is 11.9. The molecule has 0 unspecified atom stereocenters. The molecule has 2 heteroatoms. The van der Waals surface area contributed by atoms with E-state index in [2.05, 4.69) is 50.3 Å². The van der Waals surface area contributed by atoms with Crippen LogP contribution in [0.15, 0.2) is 36.5 Å². The molecule has 0 aromatic carbocycles. The molecular formula is C20H34O2. The first-order valence-electron chi connectivity index (χ1n) is 8.91. The third kappa shape index (κ3) is 16.7. The smallest absolute Gasteiger partial charge is 0.305 e. The summed E-state index contributed by atoms with van der Waals surface area (Å²) in [6.07, 6.45) is 23.4. The lowest BCUT2D eigenvalue weighted by molar-refractivity contribution is -0.143. The summed E-state index contributed by atoms with van der Waals surface area (Å²) < 4.78 is 5.12. The average molecular weight is 306 g/mol. The van der Waals surface area contributed by atoms with Gasteiger partial charge >= 0.3 is 5.97 Å². The van der Waals surface area contributed by atoms with Crippen LogP contribution in [-0.2, 0) is 9.53 Å². The van der Waals surface area contributed by atoms with E-state index in [9.17, 15) is 4.79 Å². The van der Waals surface area contributed by atoms with Crippen molar-refractivity contribution in [2.75, 3.05) is 6.61 Å². The summed E-state index contributed by atoms with van der Waals surface area (Å²) in [6.45, 7) is 4.87. The Hall–Kier alpha value is -1.31. The molecule has 0 aromatic heterocycles. The summed E-state index contributed by atoms with van der Waals surface area (Å²) >= 11 is 0. The first-order valence-corrected chi connectivity index (χ1v) is 8.91. The van der Waals surface area contributed by atoms with E-state index in [1.165, 1.54) is 12.8 Å². The van der Waals surface area contributed by atoms with Crippen LogP contribution in [0, 0.1) is 0 Å². The van der Waals surface area contributed by atoms with Crippen molar-refractivity contribution in [1.29, 1.82) is 0 Å². The monoisotopic (exact) mass is 306 g/mol. The number of allylic oxidation sites excluding steroid dienone is 6. The van der Waals surface area contributed by atoms with Crippen molar-refractivity contribution < 1.29 is 9.53 Å². The van der Waals surface area contributed by atoms with Crippen LogP contribution in [0.25, 0.3) is 0 Å². The van der Waals surface area contributed by atoms with Gasteiger partial charge in [-0.2, -0.15) is 0 Å². The molecule has 0 N–H and O–H groups in total. The predicted molar refractivity (Wildman–Crippen MR) is 95.9 cm³/mol. The fraction of sp³-hybridized carbons (Fsp3) is 0.650. The minimum Gasteiger partial charge on any atom is -0.466 e. The van der Waals surface area contributed by atoms with Gasteiger partial charge in [-0.3, -0.25) is 4.79 Å².